The molecule has 3 rings (SSSR count). The quantitative estimate of drug-likeness (QED) is 0.733. The Labute approximate surface area is 109 Å². The number of hydrogen-bond acceptors (Lipinski definition) is 3. The zero-order chi connectivity index (χ0) is 13.2. The second-order valence-electron chi connectivity index (χ2n) is 4.30. The number of aromatic amines is 2. The highest BCUT2D eigenvalue weighted by molar-refractivity contribution is 5.70. The highest BCUT2D eigenvalue weighted by Crippen LogP contribution is 2.23. The fourth-order valence-electron chi connectivity index (χ4n) is 1.99. The summed E-state index contributed by atoms with van der Waals surface area (Å²) < 4.78 is 0. The maximum absolute atomic E-state index is 11.8. The molecule has 0 saturated heterocycles. The molecule has 0 aliphatic heterocycles. The first-order chi connectivity index (χ1) is 9.24. The van der Waals surface area contributed by atoms with Gasteiger partial charge >= 0.3 is 0 Å². The van der Waals surface area contributed by atoms with Gasteiger partial charge in [-0.3, -0.25) is 9.89 Å². The van der Waals surface area contributed by atoms with E-state index in [0.717, 1.165) is 22.5 Å². The standard InChI is InChI=1S/C14H12N4O/c1-9-7-12(14(19)18-16-9)10-3-2-4-11(8-10)13-5-6-15-17-13/h2-8H,1H3,(H,15,17)(H,18,19). The number of H-pyrrole nitrogens is 2. The molecule has 0 unspecified atom stereocenters. The van der Waals surface area contributed by atoms with E-state index in [2.05, 4.69) is 20.4 Å². The average molecular weight is 252 g/mol. The molecule has 0 amide bonds. The van der Waals surface area contributed by atoms with Crippen molar-refractivity contribution in [2.45, 2.75) is 6.92 Å². The van der Waals surface area contributed by atoms with Crippen LogP contribution in [0.1, 0.15) is 5.69 Å². The van der Waals surface area contributed by atoms with Crippen molar-refractivity contribution in [1.29, 1.82) is 0 Å². The summed E-state index contributed by atoms with van der Waals surface area (Å²) in [5, 5.41) is 13.2. The summed E-state index contributed by atoms with van der Waals surface area (Å²) in [6.07, 6.45) is 1.70. The van der Waals surface area contributed by atoms with Crippen LogP contribution in [0.15, 0.2) is 47.4 Å². The molecule has 0 saturated carbocycles. The minimum absolute atomic E-state index is 0.188. The molecule has 2 N–H and O–H groups in total. The molecule has 94 valence electrons. The Hall–Kier alpha value is -2.69. The van der Waals surface area contributed by atoms with Crippen LogP contribution in [0.25, 0.3) is 22.4 Å². The first-order valence-corrected chi connectivity index (χ1v) is 5.90. The summed E-state index contributed by atoms with van der Waals surface area (Å²) in [5.41, 5.74) is 3.98. The second-order valence-corrected chi connectivity index (χ2v) is 4.30. The highest BCUT2D eigenvalue weighted by atomic mass is 16.1. The molecule has 0 fully saturated rings. The normalized spacial score (nSPS) is 10.6. The third-order valence-corrected chi connectivity index (χ3v) is 2.92. The zero-order valence-corrected chi connectivity index (χ0v) is 10.3. The number of nitrogens with one attached hydrogen (secondary N) is 2. The Morgan fingerprint density at radius 3 is 2.68 bits per heavy atom. The third-order valence-electron chi connectivity index (χ3n) is 2.92. The van der Waals surface area contributed by atoms with E-state index in [-0.39, 0.29) is 5.56 Å². The number of aryl methyl sites for hydroxylation is 1. The Morgan fingerprint density at radius 2 is 1.89 bits per heavy atom. The number of hydrogen-bond donors (Lipinski definition) is 2. The SMILES string of the molecule is Cc1cc(-c2cccc(-c3ccn[nH]3)c2)c(=O)[nH]n1. The van der Waals surface area contributed by atoms with E-state index >= 15 is 0 Å². The van der Waals surface area contributed by atoms with E-state index in [0.29, 0.717) is 5.56 Å². The molecule has 19 heavy (non-hydrogen) atoms. The van der Waals surface area contributed by atoms with Crippen LogP contribution in [0.5, 0.6) is 0 Å². The van der Waals surface area contributed by atoms with Crippen molar-refractivity contribution >= 4 is 0 Å². The number of aromatic nitrogens is 4. The van der Waals surface area contributed by atoms with Crippen molar-refractivity contribution in [3.63, 3.8) is 0 Å². The first-order valence-electron chi connectivity index (χ1n) is 5.90. The van der Waals surface area contributed by atoms with Gasteiger partial charge in [-0.1, -0.05) is 18.2 Å². The molecule has 0 bridgehead atoms. The summed E-state index contributed by atoms with van der Waals surface area (Å²) in [5.74, 6) is 0. The smallest absolute Gasteiger partial charge is 0.272 e. The maximum atomic E-state index is 11.8. The molecule has 5 heteroatoms. The van der Waals surface area contributed by atoms with Crippen LogP contribution < -0.4 is 5.56 Å². The lowest BCUT2D eigenvalue weighted by molar-refractivity contribution is 0.949. The van der Waals surface area contributed by atoms with Gasteiger partial charge in [-0.05, 0) is 30.7 Å². The van der Waals surface area contributed by atoms with Gasteiger partial charge in [0, 0.05) is 11.8 Å². The Morgan fingerprint density at radius 1 is 1.05 bits per heavy atom. The lowest BCUT2D eigenvalue weighted by Gasteiger charge is -2.04. The van der Waals surface area contributed by atoms with Crippen molar-refractivity contribution in [2.75, 3.05) is 0 Å². The minimum Gasteiger partial charge on any atom is -0.278 e. The van der Waals surface area contributed by atoms with Gasteiger partial charge in [0.15, 0.2) is 0 Å². The fraction of sp³-hybridized carbons (Fsp3) is 0.0714. The van der Waals surface area contributed by atoms with Gasteiger partial charge in [0.25, 0.3) is 5.56 Å². The van der Waals surface area contributed by atoms with E-state index in [1.165, 1.54) is 0 Å². The van der Waals surface area contributed by atoms with Crippen LogP contribution in [0.3, 0.4) is 0 Å². The van der Waals surface area contributed by atoms with Crippen molar-refractivity contribution < 1.29 is 0 Å². The maximum Gasteiger partial charge on any atom is 0.272 e. The summed E-state index contributed by atoms with van der Waals surface area (Å²) in [6.45, 7) is 1.85. The van der Waals surface area contributed by atoms with Crippen molar-refractivity contribution in [2.24, 2.45) is 0 Å². The molecule has 0 aliphatic rings. The van der Waals surface area contributed by atoms with Gasteiger partial charge < -0.3 is 0 Å². The molecule has 0 atom stereocenters. The number of benzene rings is 1. The molecule has 5 nitrogen and oxygen atoms in total. The monoisotopic (exact) mass is 252 g/mol. The lowest BCUT2D eigenvalue weighted by Crippen LogP contribution is -2.11. The molecule has 1 aromatic carbocycles. The van der Waals surface area contributed by atoms with E-state index in [1.807, 2.05) is 37.3 Å². The summed E-state index contributed by atoms with van der Waals surface area (Å²) >= 11 is 0. The number of rotatable bonds is 2. The van der Waals surface area contributed by atoms with Crippen molar-refractivity contribution in [3.05, 3.63) is 58.6 Å². The van der Waals surface area contributed by atoms with Gasteiger partial charge in [-0.15, -0.1) is 0 Å². The molecule has 0 spiro atoms. The van der Waals surface area contributed by atoms with Crippen LogP contribution in [0.4, 0.5) is 0 Å². The van der Waals surface area contributed by atoms with E-state index in [1.54, 1.807) is 12.3 Å². The van der Waals surface area contributed by atoms with Crippen LogP contribution in [-0.4, -0.2) is 20.4 Å². The molecular weight excluding hydrogens is 240 g/mol. The largest absolute Gasteiger partial charge is 0.278 e. The second kappa shape index (κ2) is 4.53. The Kier molecular flexibility index (Phi) is 2.72. The summed E-state index contributed by atoms with van der Waals surface area (Å²) in [6, 6.07) is 11.4. The van der Waals surface area contributed by atoms with Crippen LogP contribution in [0.2, 0.25) is 0 Å². The van der Waals surface area contributed by atoms with Crippen molar-refractivity contribution in [1.82, 2.24) is 20.4 Å². The third kappa shape index (κ3) is 2.18. The summed E-state index contributed by atoms with van der Waals surface area (Å²) in [4.78, 5) is 11.8. The minimum atomic E-state index is -0.188. The Bertz CT molecular complexity index is 759. The molecule has 0 radical (unpaired) electrons. The molecule has 2 aromatic heterocycles. The van der Waals surface area contributed by atoms with Crippen LogP contribution >= 0.6 is 0 Å². The van der Waals surface area contributed by atoms with E-state index in [9.17, 15) is 4.79 Å². The van der Waals surface area contributed by atoms with Gasteiger partial charge in [0.05, 0.1) is 17.0 Å². The predicted octanol–water partition coefficient (Wildman–Crippen LogP) is 2.14. The molecular formula is C14H12N4O. The zero-order valence-electron chi connectivity index (χ0n) is 10.3. The fourth-order valence-corrected chi connectivity index (χ4v) is 1.99. The van der Waals surface area contributed by atoms with Crippen LogP contribution in [0, 0.1) is 6.92 Å². The first kappa shape index (κ1) is 11.4. The van der Waals surface area contributed by atoms with Gasteiger partial charge in [-0.25, -0.2) is 5.10 Å². The van der Waals surface area contributed by atoms with Crippen LogP contribution in [-0.2, 0) is 0 Å². The Balaban J connectivity index is 2.14. The molecule has 3 aromatic rings. The lowest BCUT2D eigenvalue weighted by atomic mass is 10.0. The topological polar surface area (TPSA) is 74.4 Å². The predicted molar refractivity (Wildman–Crippen MR) is 72.6 cm³/mol. The highest BCUT2D eigenvalue weighted by Gasteiger charge is 2.06. The average Bonchev–Trinajstić information content (AvgIpc) is 2.96. The van der Waals surface area contributed by atoms with E-state index < -0.39 is 0 Å². The molecule has 2 heterocycles. The number of nitrogens with zero attached hydrogens (tertiary/aromatic N) is 2. The van der Waals surface area contributed by atoms with Crippen molar-refractivity contribution in [3.8, 4) is 22.4 Å². The summed E-state index contributed by atoms with van der Waals surface area (Å²) in [7, 11) is 0. The van der Waals surface area contributed by atoms with Gasteiger partial charge in [0.2, 0.25) is 0 Å². The van der Waals surface area contributed by atoms with Gasteiger partial charge in [0.1, 0.15) is 0 Å². The van der Waals surface area contributed by atoms with Gasteiger partial charge in [-0.2, -0.15) is 10.2 Å². The molecule has 0 aliphatic carbocycles. The van der Waals surface area contributed by atoms with E-state index in [4.69, 9.17) is 0 Å².